The topological polar surface area (TPSA) is 53.2 Å². The highest BCUT2D eigenvalue weighted by molar-refractivity contribution is 7.57. The van der Waals surface area contributed by atoms with Crippen molar-refractivity contribution in [1.29, 1.82) is 0 Å². The Balaban J connectivity index is 3.74. The van der Waals surface area contributed by atoms with E-state index in [1.54, 1.807) is 7.05 Å². The molecule has 0 atom stereocenters. The molecule has 0 aliphatic carbocycles. The van der Waals surface area contributed by atoms with E-state index < -0.39 is 7.59 Å². The summed E-state index contributed by atoms with van der Waals surface area (Å²) in [5.74, 6) is 0. The summed E-state index contributed by atoms with van der Waals surface area (Å²) in [6, 6.07) is 0. The Morgan fingerprint density at radius 3 is 1.71 bits per heavy atom. The van der Waals surface area contributed by atoms with Crippen molar-refractivity contribution in [3.63, 3.8) is 0 Å². The SMILES string of the molecule is CCCCNP(=O)(NC)NCCCC. The zero-order valence-corrected chi connectivity index (χ0v) is 10.5. The third-order valence-corrected chi connectivity index (χ3v) is 4.01. The molecule has 3 N–H and O–H groups in total. The molecule has 0 unspecified atom stereocenters. The second-order valence-electron chi connectivity index (χ2n) is 3.36. The fourth-order valence-electron chi connectivity index (χ4n) is 1.04. The second-order valence-corrected chi connectivity index (χ2v) is 5.65. The van der Waals surface area contributed by atoms with Crippen molar-refractivity contribution < 1.29 is 4.57 Å². The Morgan fingerprint density at radius 1 is 1.00 bits per heavy atom. The number of unbranched alkanes of at least 4 members (excludes halogenated alkanes) is 2. The van der Waals surface area contributed by atoms with Crippen LogP contribution in [0, 0.1) is 0 Å². The summed E-state index contributed by atoms with van der Waals surface area (Å²) in [6.07, 6.45) is 4.35. The Bertz CT molecular complexity index is 161. The molecule has 86 valence electrons. The summed E-state index contributed by atoms with van der Waals surface area (Å²) in [6.45, 7) is 5.84. The summed E-state index contributed by atoms with van der Waals surface area (Å²) in [4.78, 5) is 0. The van der Waals surface area contributed by atoms with Gasteiger partial charge in [0.15, 0.2) is 0 Å². The fourth-order valence-corrected chi connectivity index (χ4v) is 2.41. The van der Waals surface area contributed by atoms with Gasteiger partial charge in [-0.1, -0.05) is 26.7 Å². The van der Waals surface area contributed by atoms with Crippen molar-refractivity contribution >= 4 is 7.59 Å². The molecule has 4 nitrogen and oxygen atoms in total. The number of hydrogen-bond acceptors (Lipinski definition) is 1. The van der Waals surface area contributed by atoms with Gasteiger partial charge in [-0.2, -0.15) is 0 Å². The molecule has 0 rings (SSSR count). The lowest BCUT2D eigenvalue weighted by Crippen LogP contribution is -2.31. The van der Waals surface area contributed by atoms with E-state index in [1.165, 1.54) is 0 Å². The van der Waals surface area contributed by atoms with E-state index in [0.717, 1.165) is 38.8 Å². The molecule has 14 heavy (non-hydrogen) atoms. The summed E-state index contributed by atoms with van der Waals surface area (Å²) < 4.78 is 12.0. The van der Waals surface area contributed by atoms with Gasteiger partial charge in [-0.3, -0.25) is 4.57 Å². The molecule has 0 saturated heterocycles. The highest BCUT2D eigenvalue weighted by Gasteiger charge is 2.16. The van der Waals surface area contributed by atoms with Crippen LogP contribution in [0.15, 0.2) is 0 Å². The van der Waals surface area contributed by atoms with Gasteiger partial charge in [-0.15, -0.1) is 0 Å². The summed E-state index contributed by atoms with van der Waals surface area (Å²) in [5, 5.41) is 8.91. The van der Waals surface area contributed by atoms with E-state index in [2.05, 4.69) is 29.1 Å². The zero-order valence-electron chi connectivity index (χ0n) is 9.60. The molecule has 0 fully saturated rings. The van der Waals surface area contributed by atoms with Crippen LogP contribution in [0.25, 0.3) is 0 Å². The molecule has 0 aromatic carbocycles. The van der Waals surface area contributed by atoms with Crippen molar-refractivity contribution in [2.45, 2.75) is 39.5 Å². The van der Waals surface area contributed by atoms with Crippen molar-refractivity contribution in [2.24, 2.45) is 0 Å². The van der Waals surface area contributed by atoms with Crippen molar-refractivity contribution in [1.82, 2.24) is 15.3 Å². The summed E-state index contributed by atoms with van der Waals surface area (Å²) in [7, 11) is -0.789. The third kappa shape index (κ3) is 6.55. The van der Waals surface area contributed by atoms with E-state index in [1.807, 2.05) is 0 Å². The Hall–Kier alpha value is 0.110. The predicted octanol–water partition coefficient (Wildman–Crippen LogP) is 2.09. The first kappa shape index (κ1) is 14.1. The minimum Gasteiger partial charge on any atom is -0.271 e. The van der Waals surface area contributed by atoms with E-state index in [-0.39, 0.29) is 0 Å². The maximum absolute atomic E-state index is 12.0. The molecule has 0 aromatic rings. The van der Waals surface area contributed by atoms with E-state index in [4.69, 9.17) is 0 Å². The first-order valence-electron chi connectivity index (χ1n) is 5.47. The van der Waals surface area contributed by atoms with Gasteiger partial charge >= 0.3 is 0 Å². The summed E-state index contributed by atoms with van der Waals surface area (Å²) >= 11 is 0. The highest BCUT2D eigenvalue weighted by Crippen LogP contribution is 2.28. The van der Waals surface area contributed by atoms with Gasteiger partial charge in [0.1, 0.15) is 0 Å². The maximum atomic E-state index is 12.0. The first-order valence-corrected chi connectivity index (χ1v) is 7.18. The average Bonchev–Trinajstić information content (AvgIpc) is 2.19. The van der Waals surface area contributed by atoms with Crippen LogP contribution in [0.2, 0.25) is 0 Å². The Kier molecular flexibility index (Phi) is 8.49. The van der Waals surface area contributed by atoms with E-state index in [0.29, 0.717) is 0 Å². The minimum atomic E-state index is -2.51. The van der Waals surface area contributed by atoms with Gasteiger partial charge in [0, 0.05) is 13.1 Å². The van der Waals surface area contributed by atoms with Crippen LogP contribution in [-0.2, 0) is 4.57 Å². The fraction of sp³-hybridized carbons (Fsp3) is 1.00. The van der Waals surface area contributed by atoms with Crippen LogP contribution in [0.1, 0.15) is 39.5 Å². The normalized spacial score (nSPS) is 11.9. The van der Waals surface area contributed by atoms with Crippen LogP contribution in [0.5, 0.6) is 0 Å². The zero-order chi connectivity index (χ0) is 10.9. The van der Waals surface area contributed by atoms with Gasteiger partial charge < -0.3 is 0 Å². The first-order chi connectivity index (χ1) is 6.68. The van der Waals surface area contributed by atoms with Gasteiger partial charge in [0.25, 0.3) is 7.59 Å². The van der Waals surface area contributed by atoms with E-state index in [9.17, 15) is 4.57 Å². The molecule has 0 aliphatic rings. The maximum Gasteiger partial charge on any atom is 0.278 e. The number of hydrogen-bond donors (Lipinski definition) is 3. The van der Waals surface area contributed by atoms with Crippen LogP contribution in [0.4, 0.5) is 0 Å². The molecule has 0 saturated carbocycles. The van der Waals surface area contributed by atoms with Gasteiger partial charge in [0.05, 0.1) is 0 Å². The molecule has 5 heteroatoms. The lowest BCUT2D eigenvalue weighted by atomic mass is 10.3. The lowest BCUT2D eigenvalue weighted by molar-refractivity contribution is 0.540. The standard InChI is InChI=1S/C9H24N3OP/c1-4-6-8-11-14(13,10-3)12-9-7-5-2/h4-9H2,1-3H3,(H3,10,11,12,13). The van der Waals surface area contributed by atoms with Crippen LogP contribution in [-0.4, -0.2) is 20.1 Å². The predicted molar refractivity (Wildman–Crippen MR) is 62.5 cm³/mol. The molecule has 0 heterocycles. The molecular formula is C9H24N3OP. The van der Waals surface area contributed by atoms with E-state index >= 15 is 0 Å². The molecule has 0 bridgehead atoms. The minimum absolute atomic E-state index is 0.799. The summed E-state index contributed by atoms with van der Waals surface area (Å²) in [5.41, 5.74) is 0. The molecular weight excluding hydrogens is 197 g/mol. The molecule has 0 radical (unpaired) electrons. The molecule has 0 aromatic heterocycles. The van der Waals surface area contributed by atoms with Crippen LogP contribution < -0.4 is 15.3 Å². The van der Waals surface area contributed by atoms with Crippen molar-refractivity contribution in [2.75, 3.05) is 20.1 Å². The van der Waals surface area contributed by atoms with Gasteiger partial charge in [-0.25, -0.2) is 15.3 Å². The van der Waals surface area contributed by atoms with Crippen LogP contribution in [0.3, 0.4) is 0 Å². The smallest absolute Gasteiger partial charge is 0.271 e. The van der Waals surface area contributed by atoms with Gasteiger partial charge in [0.2, 0.25) is 0 Å². The van der Waals surface area contributed by atoms with Gasteiger partial charge in [-0.05, 0) is 19.9 Å². The third-order valence-electron chi connectivity index (χ3n) is 2.04. The quantitative estimate of drug-likeness (QED) is 0.412. The van der Waals surface area contributed by atoms with Crippen molar-refractivity contribution in [3.05, 3.63) is 0 Å². The highest BCUT2D eigenvalue weighted by atomic mass is 31.2. The molecule has 0 amide bonds. The largest absolute Gasteiger partial charge is 0.278 e. The molecule has 0 aliphatic heterocycles. The Labute approximate surface area is 87.8 Å². The lowest BCUT2D eigenvalue weighted by Gasteiger charge is -2.19. The molecule has 0 spiro atoms. The number of rotatable bonds is 9. The Morgan fingerprint density at radius 2 is 1.43 bits per heavy atom. The van der Waals surface area contributed by atoms with Crippen molar-refractivity contribution in [3.8, 4) is 0 Å². The second kappa shape index (κ2) is 8.42. The average molecular weight is 221 g/mol. The van der Waals surface area contributed by atoms with Crippen LogP contribution >= 0.6 is 7.59 Å². The monoisotopic (exact) mass is 221 g/mol. The number of nitrogens with one attached hydrogen (secondary N) is 3.